The lowest BCUT2D eigenvalue weighted by Gasteiger charge is -2.01. The highest BCUT2D eigenvalue weighted by Gasteiger charge is 1.93. The van der Waals surface area contributed by atoms with Gasteiger partial charge < -0.3 is 5.11 Å². The Kier molecular flexibility index (Phi) is 4.39. The summed E-state index contributed by atoms with van der Waals surface area (Å²) in [6.45, 7) is -0.0146. The summed E-state index contributed by atoms with van der Waals surface area (Å²) in [7, 11) is 0. The van der Waals surface area contributed by atoms with Gasteiger partial charge in [0.05, 0.1) is 0 Å². The molecule has 0 aliphatic carbocycles. The standard InChI is InChI=1S/C6H7NO4/c8-4-7(5-9)3-1-2-6(10)11/h1-2,4-5H,3H2,(H,10,11)/b2-1+. The molecule has 0 aromatic carbocycles. The summed E-state index contributed by atoms with van der Waals surface area (Å²) < 4.78 is 0. The summed E-state index contributed by atoms with van der Waals surface area (Å²) >= 11 is 0. The molecule has 0 aliphatic rings. The van der Waals surface area contributed by atoms with E-state index < -0.39 is 5.97 Å². The maximum atomic E-state index is 9.93. The lowest BCUT2D eigenvalue weighted by Crippen LogP contribution is -2.19. The lowest BCUT2D eigenvalue weighted by molar-refractivity contribution is -0.132. The van der Waals surface area contributed by atoms with Crippen LogP contribution in [0.3, 0.4) is 0 Å². The Balaban J connectivity index is 3.75. The molecular weight excluding hydrogens is 150 g/mol. The van der Waals surface area contributed by atoms with Crippen molar-refractivity contribution in [2.45, 2.75) is 0 Å². The van der Waals surface area contributed by atoms with Crippen molar-refractivity contribution in [3.8, 4) is 0 Å². The fourth-order valence-corrected chi connectivity index (χ4v) is 0.386. The molecular formula is C6H7NO4. The highest BCUT2D eigenvalue weighted by atomic mass is 16.4. The number of hydrogen-bond donors (Lipinski definition) is 1. The summed E-state index contributed by atoms with van der Waals surface area (Å²) in [5, 5.41) is 8.09. The molecule has 0 atom stereocenters. The third-order valence-electron chi connectivity index (χ3n) is 0.847. The molecule has 0 spiro atoms. The normalized spacial score (nSPS) is 9.45. The zero-order valence-electron chi connectivity index (χ0n) is 5.64. The molecule has 0 aliphatic heterocycles. The van der Waals surface area contributed by atoms with Gasteiger partial charge in [0.2, 0.25) is 12.8 Å². The minimum Gasteiger partial charge on any atom is -0.478 e. The van der Waals surface area contributed by atoms with Gasteiger partial charge in [0.1, 0.15) is 0 Å². The summed E-state index contributed by atoms with van der Waals surface area (Å²) in [5.41, 5.74) is 0. The first-order valence-corrected chi connectivity index (χ1v) is 2.76. The van der Waals surface area contributed by atoms with Crippen LogP contribution in [-0.4, -0.2) is 35.3 Å². The summed E-state index contributed by atoms with van der Waals surface area (Å²) in [4.78, 5) is 30.5. The van der Waals surface area contributed by atoms with Crippen molar-refractivity contribution < 1.29 is 19.5 Å². The molecule has 0 fully saturated rings. The van der Waals surface area contributed by atoms with Gasteiger partial charge in [0, 0.05) is 12.6 Å². The Morgan fingerprint density at radius 3 is 2.27 bits per heavy atom. The average Bonchev–Trinajstić information content (AvgIpc) is 1.98. The Bertz CT molecular complexity index is 179. The molecule has 0 unspecified atom stereocenters. The van der Waals surface area contributed by atoms with Gasteiger partial charge in [-0.1, -0.05) is 6.08 Å². The number of carboxylic acid groups (broad SMARTS) is 1. The van der Waals surface area contributed by atoms with Crippen molar-refractivity contribution in [1.29, 1.82) is 0 Å². The Morgan fingerprint density at radius 1 is 1.36 bits per heavy atom. The first-order chi connectivity index (χ1) is 5.20. The maximum Gasteiger partial charge on any atom is 0.328 e. The van der Waals surface area contributed by atoms with E-state index in [1.165, 1.54) is 6.08 Å². The van der Waals surface area contributed by atoms with Crippen molar-refractivity contribution in [3.05, 3.63) is 12.2 Å². The van der Waals surface area contributed by atoms with Gasteiger partial charge in [0.15, 0.2) is 0 Å². The van der Waals surface area contributed by atoms with Crippen LogP contribution in [0.5, 0.6) is 0 Å². The quantitative estimate of drug-likeness (QED) is 0.420. The molecule has 60 valence electrons. The van der Waals surface area contributed by atoms with Crippen LogP contribution < -0.4 is 0 Å². The first-order valence-electron chi connectivity index (χ1n) is 2.76. The molecule has 0 aromatic rings. The van der Waals surface area contributed by atoms with Crippen molar-refractivity contribution in [1.82, 2.24) is 4.90 Å². The van der Waals surface area contributed by atoms with Crippen molar-refractivity contribution in [2.75, 3.05) is 6.54 Å². The van der Waals surface area contributed by atoms with E-state index in [9.17, 15) is 14.4 Å². The van der Waals surface area contributed by atoms with E-state index in [-0.39, 0.29) is 6.54 Å². The minimum atomic E-state index is -1.11. The van der Waals surface area contributed by atoms with Gasteiger partial charge in [-0.05, 0) is 0 Å². The third-order valence-corrected chi connectivity index (χ3v) is 0.847. The number of nitrogens with zero attached hydrogens (tertiary/aromatic N) is 1. The molecule has 1 N–H and O–H groups in total. The molecule has 0 rings (SSSR count). The van der Waals surface area contributed by atoms with E-state index >= 15 is 0 Å². The van der Waals surface area contributed by atoms with E-state index in [0.717, 1.165) is 11.0 Å². The molecule has 0 bridgehead atoms. The monoisotopic (exact) mass is 157 g/mol. The molecule has 5 heteroatoms. The summed E-state index contributed by atoms with van der Waals surface area (Å²) in [6.07, 6.45) is 2.70. The third kappa shape index (κ3) is 4.83. The zero-order chi connectivity index (χ0) is 8.69. The van der Waals surface area contributed by atoms with Gasteiger partial charge in [-0.3, -0.25) is 14.5 Å². The van der Waals surface area contributed by atoms with E-state index in [1.807, 2.05) is 0 Å². The highest BCUT2D eigenvalue weighted by molar-refractivity contribution is 5.80. The van der Waals surface area contributed by atoms with Crippen molar-refractivity contribution >= 4 is 18.8 Å². The van der Waals surface area contributed by atoms with Gasteiger partial charge in [-0.15, -0.1) is 0 Å². The predicted molar refractivity (Wildman–Crippen MR) is 35.6 cm³/mol. The van der Waals surface area contributed by atoms with Crippen LogP contribution in [-0.2, 0) is 14.4 Å². The zero-order valence-corrected chi connectivity index (χ0v) is 5.64. The Morgan fingerprint density at radius 2 is 1.91 bits per heavy atom. The van der Waals surface area contributed by atoms with Crippen LogP contribution in [0.25, 0.3) is 0 Å². The topological polar surface area (TPSA) is 74.7 Å². The molecule has 0 saturated heterocycles. The summed E-state index contributed by atoms with van der Waals surface area (Å²) in [6, 6.07) is 0. The largest absolute Gasteiger partial charge is 0.478 e. The van der Waals surface area contributed by atoms with Gasteiger partial charge in [0.25, 0.3) is 0 Å². The minimum absolute atomic E-state index is 0.0146. The fraction of sp³-hybridized carbons (Fsp3) is 0.167. The molecule has 0 saturated carbocycles. The maximum absolute atomic E-state index is 9.93. The van der Waals surface area contributed by atoms with Crippen LogP contribution in [0.1, 0.15) is 0 Å². The summed E-state index contributed by atoms with van der Waals surface area (Å²) in [5.74, 6) is -1.11. The lowest BCUT2D eigenvalue weighted by atomic mass is 10.5. The van der Waals surface area contributed by atoms with Crippen LogP contribution in [0.2, 0.25) is 0 Å². The van der Waals surface area contributed by atoms with Gasteiger partial charge in [-0.2, -0.15) is 0 Å². The fourth-order valence-electron chi connectivity index (χ4n) is 0.386. The van der Waals surface area contributed by atoms with Crippen LogP contribution in [0, 0.1) is 0 Å². The van der Waals surface area contributed by atoms with E-state index in [1.54, 1.807) is 0 Å². The number of carbonyl (C=O) groups is 3. The van der Waals surface area contributed by atoms with Crippen LogP contribution in [0.15, 0.2) is 12.2 Å². The SMILES string of the molecule is O=CN(C=O)C/C=C/C(=O)O. The molecule has 11 heavy (non-hydrogen) atoms. The van der Waals surface area contributed by atoms with E-state index in [2.05, 4.69) is 0 Å². The first kappa shape index (κ1) is 9.35. The second kappa shape index (κ2) is 5.16. The predicted octanol–water partition coefficient (Wildman–Crippen LogP) is -0.758. The van der Waals surface area contributed by atoms with Crippen molar-refractivity contribution in [2.24, 2.45) is 0 Å². The number of carboxylic acids is 1. The second-order valence-corrected chi connectivity index (χ2v) is 1.65. The molecule has 5 nitrogen and oxygen atoms in total. The molecule has 0 radical (unpaired) electrons. The van der Waals surface area contributed by atoms with Gasteiger partial charge in [-0.25, -0.2) is 4.79 Å². The molecule has 0 heterocycles. The number of aliphatic carboxylic acids is 1. The Labute approximate surface area is 62.9 Å². The second-order valence-electron chi connectivity index (χ2n) is 1.65. The number of imide groups is 1. The van der Waals surface area contributed by atoms with E-state index in [0.29, 0.717) is 12.8 Å². The average molecular weight is 157 g/mol. The number of rotatable bonds is 5. The number of hydrogen-bond acceptors (Lipinski definition) is 3. The molecule has 0 aromatic heterocycles. The van der Waals surface area contributed by atoms with Gasteiger partial charge >= 0.3 is 5.97 Å². The number of amides is 2. The van der Waals surface area contributed by atoms with Crippen LogP contribution >= 0.6 is 0 Å². The van der Waals surface area contributed by atoms with Crippen LogP contribution in [0.4, 0.5) is 0 Å². The molecule has 2 amide bonds. The Hall–Kier alpha value is -1.65. The smallest absolute Gasteiger partial charge is 0.328 e. The van der Waals surface area contributed by atoms with E-state index in [4.69, 9.17) is 5.11 Å². The number of carbonyl (C=O) groups excluding carboxylic acids is 2. The van der Waals surface area contributed by atoms with Crippen molar-refractivity contribution in [3.63, 3.8) is 0 Å². The highest BCUT2D eigenvalue weighted by Crippen LogP contribution is 1.78.